The van der Waals surface area contributed by atoms with Gasteiger partial charge in [-0.1, -0.05) is 13.0 Å². The Balaban J connectivity index is 2.30. The number of non-ortho nitro benzene ring substituents is 1. The third-order valence-electron chi connectivity index (χ3n) is 3.69. The molecule has 2 aromatic carbocycles. The number of carbonyl (C=O) groups excluding carboxylic acids is 1. The van der Waals surface area contributed by atoms with Gasteiger partial charge in [0.05, 0.1) is 22.2 Å². The molecule has 0 aliphatic carbocycles. The van der Waals surface area contributed by atoms with Gasteiger partial charge in [-0.25, -0.2) is 0 Å². The van der Waals surface area contributed by atoms with E-state index in [0.29, 0.717) is 23.7 Å². The first kappa shape index (κ1) is 22.2. The lowest BCUT2D eigenvalue weighted by atomic mass is 10.1. The lowest BCUT2D eigenvalue weighted by Crippen LogP contribution is -2.13. The van der Waals surface area contributed by atoms with Crippen molar-refractivity contribution < 1.29 is 19.2 Å². The van der Waals surface area contributed by atoms with Crippen LogP contribution in [0.15, 0.2) is 42.0 Å². The van der Waals surface area contributed by atoms with Gasteiger partial charge >= 0.3 is 0 Å². The number of ether oxygens (including phenoxy) is 2. The molecule has 1 N–H and O–H groups in total. The van der Waals surface area contributed by atoms with Crippen LogP contribution in [0.3, 0.4) is 0 Å². The molecule has 0 saturated heterocycles. The van der Waals surface area contributed by atoms with Crippen LogP contribution in [0.1, 0.15) is 18.9 Å². The van der Waals surface area contributed by atoms with E-state index in [0.717, 1.165) is 9.99 Å². The first-order chi connectivity index (χ1) is 13.9. The summed E-state index contributed by atoms with van der Waals surface area (Å²) < 4.78 is 11.8. The summed E-state index contributed by atoms with van der Waals surface area (Å²) in [7, 11) is 1.51. The number of methoxy groups -OCH3 is 1. The number of rotatable bonds is 8. The van der Waals surface area contributed by atoms with Crippen molar-refractivity contribution in [2.45, 2.75) is 13.3 Å². The Hall–Kier alpha value is -3.13. The van der Waals surface area contributed by atoms with Crippen LogP contribution in [0.5, 0.6) is 11.5 Å². The topological polar surface area (TPSA) is 114 Å². The van der Waals surface area contributed by atoms with Gasteiger partial charge in [0, 0.05) is 17.8 Å². The maximum atomic E-state index is 12.4. The van der Waals surface area contributed by atoms with Crippen LogP contribution in [0.2, 0.25) is 0 Å². The Morgan fingerprint density at radius 3 is 2.76 bits per heavy atom. The number of nitro groups is 1. The number of hydrogen-bond donors (Lipinski definition) is 1. The number of halogens is 1. The van der Waals surface area contributed by atoms with Crippen molar-refractivity contribution >= 4 is 45.9 Å². The smallest absolute Gasteiger partial charge is 0.271 e. The summed E-state index contributed by atoms with van der Waals surface area (Å²) >= 11 is 2.10. The summed E-state index contributed by atoms with van der Waals surface area (Å²) in [5.74, 6) is 0.424. The molecule has 0 saturated carbocycles. The number of carbonyl (C=O) groups is 1. The predicted molar refractivity (Wildman–Crippen MR) is 117 cm³/mol. The Bertz CT molecular complexity index is 998. The fourth-order valence-electron chi connectivity index (χ4n) is 2.38. The first-order valence-corrected chi connectivity index (χ1v) is 9.65. The second-order valence-corrected chi connectivity index (χ2v) is 6.98. The minimum Gasteiger partial charge on any atom is -0.493 e. The minimum absolute atomic E-state index is 0.156. The van der Waals surface area contributed by atoms with Crippen molar-refractivity contribution in [1.82, 2.24) is 0 Å². The summed E-state index contributed by atoms with van der Waals surface area (Å²) in [4.78, 5) is 22.7. The van der Waals surface area contributed by atoms with E-state index in [1.807, 2.05) is 13.0 Å². The molecule has 0 aliphatic heterocycles. The monoisotopic (exact) mass is 507 g/mol. The van der Waals surface area contributed by atoms with Crippen LogP contribution in [0.25, 0.3) is 6.08 Å². The van der Waals surface area contributed by atoms with E-state index in [-0.39, 0.29) is 16.9 Å². The van der Waals surface area contributed by atoms with E-state index >= 15 is 0 Å². The van der Waals surface area contributed by atoms with Gasteiger partial charge in [0.25, 0.3) is 11.6 Å². The van der Waals surface area contributed by atoms with Crippen molar-refractivity contribution in [3.8, 4) is 17.6 Å². The van der Waals surface area contributed by atoms with Gasteiger partial charge in [-0.3, -0.25) is 14.9 Å². The first-order valence-electron chi connectivity index (χ1n) is 8.57. The Kier molecular flexibility index (Phi) is 7.97. The van der Waals surface area contributed by atoms with Gasteiger partial charge < -0.3 is 14.8 Å². The maximum absolute atomic E-state index is 12.4. The quantitative estimate of drug-likeness (QED) is 0.185. The zero-order valence-electron chi connectivity index (χ0n) is 15.8. The predicted octanol–water partition coefficient (Wildman–Crippen LogP) is 4.54. The highest BCUT2D eigenvalue weighted by molar-refractivity contribution is 14.1. The van der Waals surface area contributed by atoms with Crippen LogP contribution in [0, 0.1) is 25.0 Å². The van der Waals surface area contributed by atoms with E-state index < -0.39 is 10.8 Å². The molecular weight excluding hydrogens is 489 g/mol. The van der Waals surface area contributed by atoms with Crippen molar-refractivity contribution in [3.63, 3.8) is 0 Å². The zero-order chi connectivity index (χ0) is 21.4. The highest BCUT2D eigenvalue weighted by Crippen LogP contribution is 2.34. The van der Waals surface area contributed by atoms with Gasteiger partial charge in [-0.15, -0.1) is 0 Å². The standard InChI is InChI=1S/C20H18IN3O5/c1-3-7-29-19-17(21)9-13(10-18(19)28-2)8-14(12-22)20(25)23-15-5-4-6-16(11-15)24(26)27/h4-6,8-11H,3,7H2,1-2H3,(H,23,25)/b14-8-. The Labute approximate surface area is 181 Å². The molecule has 150 valence electrons. The molecule has 0 heterocycles. The number of nitro benzene ring substituents is 1. The van der Waals surface area contributed by atoms with Crippen molar-refractivity contribution in [3.05, 3.63) is 61.2 Å². The Morgan fingerprint density at radius 1 is 1.38 bits per heavy atom. The van der Waals surface area contributed by atoms with Gasteiger partial charge in [0.15, 0.2) is 11.5 Å². The van der Waals surface area contributed by atoms with E-state index in [1.165, 1.54) is 37.5 Å². The summed E-state index contributed by atoms with van der Waals surface area (Å²) in [5.41, 5.74) is 0.491. The molecule has 9 heteroatoms. The average Bonchev–Trinajstić information content (AvgIpc) is 2.70. The Morgan fingerprint density at radius 2 is 2.14 bits per heavy atom. The summed E-state index contributed by atoms with van der Waals surface area (Å²) in [6, 6.07) is 10.8. The van der Waals surface area contributed by atoms with Gasteiger partial charge in [0.2, 0.25) is 0 Å². The molecule has 0 aromatic heterocycles. The van der Waals surface area contributed by atoms with E-state index in [2.05, 4.69) is 27.9 Å². The van der Waals surface area contributed by atoms with Crippen LogP contribution in [-0.4, -0.2) is 24.5 Å². The van der Waals surface area contributed by atoms with Crippen molar-refractivity contribution in [2.24, 2.45) is 0 Å². The largest absolute Gasteiger partial charge is 0.493 e. The molecule has 8 nitrogen and oxygen atoms in total. The van der Waals surface area contributed by atoms with E-state index in [1.54, 1.807) is 12.1 Å². The third kappa shape index (κ3) is 5.92. The molecule has 0 fully saturated rings. The normalized spacial score (nSPS) is 10.8. The second kappa shape index (κ2) is 10.4. The molecule has 0 atom stereocenters. The van der Waals surface area contributed by atoms with Crippen molar-refractivity contribution in [1.29, 1.82) is 5.26 Å². The number of hydrogen-bond acceptors (Lipinski definition) is 6. The number of benzene rings is 2. The molecule has 1 amide bonds. The molecule has 0 bridgehead atoms. The number of nitrogens with one attached hydrogen (secondary N) is 1. The summed E-state index contributed by atoms with van der Waals surface area (Å²) in [6.07, 6.45) is 2.26. The van der Waals surface area contributed by atoms with Crippen molar-refractivity contribution in [2.75, 3.05) is 19.0 Å². The lowest BCUT2D eigenvalue weighted by Gasteiger charge is -2.13. The number of nitrogens with zero attached hydrogens (tertiary/aromatic N) is 2. The maximum Gasteiger partial charge on any atom is 0.271 e. The van der Waals surface area contributed by atoms with Crippen LogP contribution in [0.4, 0.5) is 11.4 Å². The number of amides is 1. The number of anilines is 1. The molecule has 2 aromatic rings. The molecule has 0 spiro atoms. The summed E-state index contributed by atoms with van der Waals surface area (Å²) in [6.45, 7) is 2.53. The fraction of sp³-hybridized carbons (Fsp3) is 0.200. The van der Waals surface area contributed by atoms with Gasteiger partial charge in [0.1, 0.15) is 11.6 Å². The molecule has 29 heavy (non-hydrogen) atoms. The molecular formula is C20H18IN3O5. The van der Waals surface area contributed by atoms with Crippen LogP contribution < -0.4 is 14.8 Å². The average molecular weight is 507 g/mol. The second-order valence-electron chi connectivity index (χ2n) is 5.81. The van der Waals surface area contributed by atoms with Gasteiger partial charge in [-0.2, -0.15) is 5.26 Å². The van der Waals surface area contributed by atoms with Gasteiger partial charge in [-0.05, 0) is 58.9 Å². The van der Waals surface area contributed by atoms with Crippen LogP contribution >= 0.6 is 22.6 Å². The molecule has 0 aliphatic rings. The highest BCUT2D eigenvalue weighted by atomic mass is 127. The van der Waals surface area contributed by atoms with E-state index in [9.17, 15) is 20.2 Å². The third-order valence-corrected chi connectivity index (χ3v) is 4.49. The number of nitriles is 1. The SMILES string of the molecule is CCCOc1c(I)cc(/C=C(/C#N)C(=O)Nc2cccc([N+](=O)[O-])c2)cc1OC. The van der Waals surface area contributed by atoms with E-state index in [4.69, 9.17) is 9.47 Å². The molecule has 2 rings (SSSR count). The summed E-state index contributed by atoms with van der Waals surface area (Å²) in [5, 5.41) is 22.8. The lowest BCUT2D eigenvalue weighted by molar-refractivity contribution is -0.384. The highest BCUT2D eigenvalue weighted by Gasteiger charge is 2.15. The molecule has 0 unspecified atom stereocenters. The minimum atomic E-state index is -0.673. The fourth-order valence-corrected chi connectivity index (χ4v) is 3.16. The molecule has 0 radical (unpaired) electrons. The van der Waals surface area contributed by atoms with Crippen LogP contribution in [-0.2, 0) is 4.79 Å². The zero-order valence-corrected chi connectivity index (χ0v) is 17.9.